The van der Waals surface area contributed by atoms with E-state index in [1.54, 1.807) is 19.1 Å². The molecule has 0 aliphatic carbocycles. The standard InChI is InChI=1S/C28H25FN2O3/c1-17(2)25-26(20-9-11-21(29)12-10-20)23-14-13-22(34-16-19-7-5-4-6-8-19)15-24(23)31-27(25)30-18(3)28(32)33/h4-15,18H,1,16H2,2-3H3,(H,30,31)(H,32,33)/t18-/m0/s1. The van der Waals surface area contributed by atoms with E-state index in [2.05, 4.69) is 11.9 Å². The second-order valence-electron chi connectivity index (χ2n) is 8.16. The number of pyridine rings is 1. The fourth-order valence-electron chi connectivity index (χ4n) is 3.78. The molecule has 4 aromatic rings. The van der Waals surface area contributed by atoms with Gasteiger partial charge in [-0.25, -0.2) is 9.37 Å². The number of carboxylic acids is 1. The molecule has 0 amide bonds. The maximum atomic E-state index is 13.7. The van der Waals surface area contributed by atoms with Gasteiger partial charge in [0.1, 0.15) is 30.0 Å². The van der Waals surface area contributed by atoms with Crippen molar-refractivity contribution in [2.75, 3.05) is 5.32 Å². The number of allylic oxidation sites excluding steroid dienone is 1. The lowest BCUT2D eigenvalue weighted by molar-refractivity contribution is -0.137. The predicted molar refractivity (Wildman–Crippen MR) is 133 cm³/mol. The van der Waals surface area contributed by atoms with Crippen molar-refractivity contribution in [1.82, 2.24) is 4.98 Å². The van der Waals surface area contributed by atoms with Crippen molar-refractivity contribution in [3.8, 4) is 16.9 Å². The Morgan fingerprint density at radius 2 is 1.82 bits per heavy atom. The van der Waals surface area contributed by atoms with Crippen LogP contribution in [0.4, 0.5) is 10.2 Å². The highest BCUT2D eigenvalue weighted by molar-refractivity contribution is 6.03. The minimum absolute atomic E-state index is 0.339. The molecule has 34 heavy (non-hydrogen) atoms. The van der Waals surface area contributed by atoms with Crippen LogP contribution < -0.4 is 10.1 Å². The number of carbonyl (C=O) groups is 1. The molecule has 0 bridgehead atoms. The maximum Gasteiger partial charge on any atom is 0.325 e. The van der Waals surface area contributed by atoms with Crippen molar-refractivity contribution in [1.29, 1.82) is 0 Å². The first-order chi connectivity index (χ1) is 16.3. The molecule has 6 heteroatoms. The van der Waals surface area contributed by atoms with Gasteiger partial charge in [0.05, 0.1) is 5.52 Å². The van der Waals surface area contributed by atoms with Crippen LogP contribution in [0.2, 0.25) is 0 Å². The minimum Gasteiger partial charge on any atom is -0.489 e. The van der Waals surface area contributed by atoms with Crippen molar-refractivity contribution in [2.24, 2.45) is 0 Å². The van der Waals surface area contributed by atoms with E-state index in [1.807, 2.05) is 55.5 Å². The third kappa shape index (κ3) is 4.91. The summed E-state index contributed by atoms with van der Waals surface area (Å²) in [4.78, 5) is 16.3. The van der Waals surface area contributed by atoms with Gasteiger partial charge in [-0.2, -0.15) is 0 Å². The summed E-state index contributed by atoms with van der Waals surface area (Å²) in [5, 5.41) is 13.3. The molecule has 3 aromatic carbocycles. The fraction of sp³-hybridized carbons (Fsp3) is 0.143. The van der Waals surface area contributed by atoms with Crippen molar-refractivity contribution >= 4 is 28.3 Å². The summed E-state index contributed by atoms with van der Waals surface area (Å²) in [6, 6.07) is 20.8. The minimum atomic E-state index is -1.00. The number of ether oxygens (including phenoxy) is 1. The number of benzene rings is 3. The van der Waals surface area contributed by atoms with E-state index in [0.717, 1.165) is 22.1 Å². The topological polar surface area (TPSA) is 71.5 Å². The lowest BCUT2D eigenvalue weighted by Gasteiger charge is -2.20. The number of anilines is 1. The predicted octanol–water partition coefficient (Wildman–Crippen LogP) is 6.54. The van der Waals surface area contributed by atoms with E-state index < -0.39 is 12.0 Å². The molecular formula is C28H25FN2O3. The van der Waals surface area contributed by atoms with Crippen LogP contribution in [0, 0.1) is 5.82 Å². The molecule has 5 nitrogen and oxygen atoms in total. The van der Waals surface area contributed by atoms with Gasteiger partial charge in [-0.3, -0.25) is 4.79 Å². The number of hydrogen-bond acceptors (Lipinski definition) is 4. The van der Waals surface area contributed by atoms with Gasteiger partial charge in [0, 0.05) is 22.6 Å². The van der Waals surface area contributed by atoms with E-state index >= 15 is 0 Å². The maximum absolute atomic E-state index is 13.7. The summed E-state index contributed by atoms with van der Waals surface area (Å²) in [5.41, 5.74) is 4.62. The van der Waals surface area contributed by atoms with Crippen LogP contribution in [-0.4, -0.2) is 22.1 Å². The second-order valence-corrected chi connectivity index (χ2v) is 8.16. The van der Waals surface area contributed by atoms with Crippen LogP contribution in [-0.2, 0) is 11.4 Å². The van der Waals surface area contributed by atoms with Crippen molar-refractivity contribution in [3.05, 3.63) is 96.3 Å². The number of hydrogen-bond donors (Lipinski definition) is 2. The van der Waals surface area contributed by atoms with Crippen LogP contribution in [0.1, 0.15) is 25.0 Å². The van der Waals surface area contributed by atoms with Gasteiger partial charge in [-0.05, 0) is 54.8 Å². The summed E-state index contributed by atoms with van der Waals surface area (Å²) in [6.07, 6.45) is 0. The molecule has 0 aliphatic heterocycles. The Hall–Kier alpha value is -4.19. The summed E-state index contributed by atoms with van der Waals surface area (Å²) in [7, 11) is 0. The van der Waals surface area contributed by atoms with Gasteiger partial charge in [0.2, 0.25) is 0 Å². The quantitative estimate of drug-likeness (QED) is 0.315. The first-order valence-electron chi connectivity index (χ1n) is 10.9. The van der Waals surface area contributed by atoms with Gasteiger partial charge in [0.25, 0.3) is 0 Å². The molecule has 0 fully saturated rings. The van der Waals surface area contributed by atoms with Crippen molar-refractivity contribution in [3.63, 3.8) is 0 Å². The van der Waals surface area contributed by atoms with Crippen LogP contribution >= 0.6 is 0 Å². The highest BCUT2D eigenvalue weighted by Crippen LogP contribution is 2.40. The molecule has 1 aromatic heterocycles. The highest BCUT2D eigenvalue weighted by Gasteiger charge is 2.21. The Balaban J connectivity index is 1.87. The second kappa shape index (κ2) is 9.75. The molecule has 1 heterocycles. The lowest BCUT2D eigenvalue weighted by atomic mass is 9.92. The Morgan fingerprint density at radius 1 is 1.12 bits per heavy atom. The largest absolute Gasteiger partial charge is 0.489 e. The first kappa shape index (κ1) is 23.0. The molecule has 172 valence electrons. The van der Waals surface area contributed by atoms with Crippen molar-refractivity contribution < 1.29 is 19.0 Å². The molecule has 0 aliphatic rings. The van der Waals surface area contributed by atoms with E-state index in [1.165, 1.54) is 12.1 Å². The van der Waals surface area contributed by atoms with Gasteiger partial charge in [0.15, 0.2) is 0 Å². The van der Waals surface area contributed by atoms with Crippen LogP contribution in [0.15, 0.2) is 79.4 Å². The van der Waals surface area contributed by atoms with Crippen molar-refractivity contribution in [2.45, 2.75) is 26.5 Å². The number of aromatic nitrogens is 1. The number of halogens is 1. The summed E-state index contributed by atoms with van der Waals surface area (Å²) >= 11 is 0. The zero-order valence-corrected chi connectivity index (χ0v) is 19.0. The number of carboxylic acid groups (broad SMARTS) is 1. The molecule has 2 N–H and O–H groups in total. The van der Waals surface area contributed by atoms with E-state index in [-0.39, 0.29) is 5.82 Å². The third-order valence-corrected chi connectivity index (χ3v) is 5.49. The summed E-state index contributed by atoms with van der Waals surface area (Å²) in [6.45, 7) is 7.89. The molecule has 0 saturated carbocycles. The smallest absolute Gasteiger partial charge is 0.325 e. The Labute approximate surface area is 197 Å². The SMILES string of the molecule is C=C(C)c1c(N[C@@H](C)C(=O)O)nc2cc(OCc3ccccc3)ccc2c1-c1ccc(F)cc1. The normalized spacial score (nSPS) is 11.7. The number of fused-ring (bicyclic) bond motifs is 1. The van der Waals surface area contributed by atoms with E-state index in [9.17, 15) is 14.3 Å². The van der Waals surface area contributed by atoms with Gasteiger partial charge in [-0.15, -0.1) is 0 Å². The third-order valence-electron chi connectivity index (χ3n) is 5.49. The van der Waals surface area contributed by atoms with Gasteiger partial charge in [-0.1, -0.05) is 49.0 Å². The van der Waals surface area contributed by atoms with Crippen LogP contribution in [0.5, 0.6) is 5.75 Å². The summed E-state index contributed by atoms with van der Waals surface area (Å²) in [5.74, 6) is -0.310. The zero-order valence-electron chi connectivity index (χ0n) is 19.0. The molecule has 0 unspecified atom stereocenters. The molecule has 0 radical (unpaired) electrons. The zero-order chi connectivity index (χ0) is 24.2. The molecule has 0 saturated heterocycles. The molecule has 0 spiro atoms. The molecule has 1 atom stereocenters. The van der Waals surface area contributed by atoms with E-state index in [0.29, 0.717) is 34.8 Å². The van der Waals surface area contributed by atoms with Crippen LogP contribution in [0.25, 0.3) is 27.6 Å². The van der Waals surface area contributed by atoms with E-state index in [4.69, 9.17) is 9.72 Å². The average molecular weight is 457 g/mol. The molecular weight excluding hydrogens is 431 g/mol. The summed E-state index contributed by atoms with van der Waals surface area (Å²) < 4.78 is 19.6. The number of aliphatic carboxylic acids is 1. The van der Waals surface area contributed by atoms with Gasteiger partial charge >= 0.3 is 5.97 Å². The fourth-order valence-corrected chi connectivity index (χ4v) is 3.78. The Bertz CT molecular complexity index is 1350. The van der Waals surface area contributed by atoms with Crippen LogP contribution in [0.3, 0.4) is 0 Å². The Morgan fingerprint density at radius 3 is 2.47 bits per heavy atom. The lowest BCUT2D eigenvalue weighted by Crippen LogP contribution is -2.26. The molecule has 4 rings (SSSR count). The average Bonchev–Trinajstić information content (AvgIpc) is 2.82. The monoisotopic (exact) mass is 456 g/mol. The number of nitrogens with one attached hydrogen (secondary N) is 1. The first-order valence-corrected chi connectivity index (χ1v) is 10.9. The van der Waals surface area contributed by atoms with Gasteiger partial charge < -0.3 is 15.2 Å². The number of rotatable bonds is 8. The Kier molecular flexibility index (Phi) is 6.59. The highest BCUT2D eigenvalue weighted by atomic mass is 19.1. The number of nitrogens with zero attached hydrogens (tertiary/aromatic N) is 1.